The van der Waals surface area contributed by atoms with Crippen molar-refractivity contribution in [3.05, 3.63) is 42.1 Å². The van der Waals surface area contributed by atoms with Gasteiger partial charge < -0.3 is 10.2 Å². The number of fused-ring (bicyclic) bond motifs is 1. The number of hydrogen-bond acceptors (Lipinski definition) is 3. The van der Waals surface area contributed by atoms with Crippen molar-refractivity contribution in [3.8, 4) is 0 Å². The Morgan fingerprint density at radius 2 is 2.00 bits per heavy atom. The summed E-state index contributed by atoms with van der Waals surface area (Å²) in [5.41, 5.74) is 2.78. The van der Waals surface area contributed by atoms with Crippen molar-refractivity contribution in [2.24, 2.45) is 0 Å². The van der Waals surface area contributed by atoms with Gasteiger partial charge in [0.25, 0.3) is 0 Å². The molecule has 1 aromatic heterocycles. The van der Waals surface area contributed by atoms with Crippen LogP contribution >= 0.6 is 0 Å². The standard InChI is InChI=1S/C17H23N3/c1-20(2)17(9-5-10-17)13-18-12-15-7-3-6-14-8-4-11-19-16(14)15/h3-4,6-8,11,18H,5,9-10,12-13H2,1-2H3. The van der Waals surface area contributed by atoms with E-state index in [0.29, 0.717) is 5.54 Å². The Labute approximate surface area is 121 Å². The summed E-state index contributed by atoms with van der Waals surface area (Å²) < 4.78 is 0. The second-order valence-electron chi connectivity index (χ2n) is 6.07. The molecule has 0 aliphatic heterocycles. The number of pyridine rings is 1. The van der Waals surface area contributed by atoms with Gasteiger partial charge in [-0.3, -0.25) is 4.98 Å². The first-order valence-corrected chi connectivity index (χ1v) is 7.42. The van der Waals surface area contributed by atoms with Crippen molar-refractivity contribution in [1.82, 2.24) is 15.2 Å². The summed E-state index contributed by atoms with van der Waals surface area (Å²) in [7, 11) is 4.39. The molecule has 1 saturated carbocycles. The van der Waals surface area contributed by atoms with Crippen LogP contribution in [0.15, 0.2) is 36.5 Å². The van der Waals surface area contributed by atoms with Crippen LogP contribution in [-0.4, -0.2) is 36.1 Å². The van der Waals surface area contributed by atoms with Crippen molar-refractivity contribution in [2.75, 3.05) is 20.6 Å². The third-order valence-corrected chi connectivity index (χ3v) is 4.72. The number of nitrogens with zero attached hydrogens (tertiary/aromatic N) is 2. The molecule has 3 heteroatoms. The maximum absolute atomic E-state index is 4.52. The minimum absolute atomic E-state index is 0.373. The van der Waals surface area contributed by atoms with Crippen molar-refractivity contribution in [3.63, 3.8) is 0 Å². The second kappa shape index (κ2) is 5.51. The molecule has 0 amide bonds. The Bertz CT molecular complexity index is 582. The third kappa shape index (κ3) is 2.43. The minimum Gasteiger partial charge on any atom is -0.311 e. The van der Waals surface area contributed by atoms with E-state index >= 15 is 0 Å². The number of hydrogen-bond donors (Lipinski definition) is 1. The van der Waals surface area contributed by atoms with Crippen LogP contribution in [0, 0.1) is 0 Å². The molecule has 0 unspecified atom stereocenters. The fourth-order valence-electron chi connectivity index (χ4n) is 3.11. The van der Waals surface area contributed by atoms with Crippen LogP contribution in [0.2, 0.25) is 0 Å². The Morgan fingerprint density at radius 1 is 1.20 bits per heavy atom. The lowest BCUT2D eigenvalue weighted by Crippen LogP contribution is -2.56. The molecule has 0 spiro atoms. The van der Waals surface area contributed by atoms with Gasteiger partial charge in [0.05, 0.1) is 5.52 Å². The molecule has 0 atom stereocenters. The summed E-state index contributed by atoms with van der Waals surface area (Å²) in [6.45, 7) is 1.95. The number of likely N-dealkylation sites (N-methyl/N-ethyl adjacent to an activating group) is 1. The molecule has 1 aromatic carbocycles. The maximum atomic E-state index is 4.52. The van der Waals surface area contributed by atoms with E-state index in [2.05, 4.69) is 53.6 Å². The molecule has 3 rings (SSSR count). The van der Waals surface area contributed by atoms with Crippen LogP contribution in [0.1, 0.15) is 24.8 Å². The Kier molecular flexibility index (Phi) is 3.72. The number of rotatable bonds is 5. The summed E-state index contributed by atoms with van der Waals surface area (Å²) >= 11 is 0. The van der Waals surface area contributed by atoms with E-state index in [9.17, 15) is 0 Å². The molecule has 1 N–H and O–H groups in total. The monoisotopic (exact) mass is 269 g/mol. The Morgan fingerprint density at radius 3 is 2.70 bits per heavy atom. The molecular weight excluding hydrogens is 246 g/mol. The van der Waals surface area contributed by atoms with Crippen LogP contribution < -0.4 is 5.32 Å². The van der Waals surface area contributed by atoms with Crippen LogP contribution in [0.25, 0.3) is 10.9 Å². The fourth-order valence-corrected chi connectivity index (χ4v) is 3.11. The predicted octanol–water partition coefficient (Wildman–Crippen LogP) is 2.81. The lowest BCUT2D eigenvalue weighted by Gasteiger charge is -2.47. The average Bonchev–Trinajstić information content (AvgIpc) is 2.41. The molecule has 1 aliphatic rings. The zero-order valence-electron chi connectivity index (χ0n) is 12.4. The SMILES string of the molecule is CN(C)C1(CNCc2cccc3cccnc23)CCC1. The highest BCUT2D eigenvalue weighted by Gasteiger charge is 2.38. The van der Waals surface area contributed by atoms with Gasteiger partial charge in [-0.15, -0.1) is 0 Å². The molecule has 20 heavy (non-hydrogen) atoms. The molecule has 1 fully saturated rings. The summed E-state index contributed by atoms with van der Waals surface area (Å²) in [5, 5.41) is 4.86. The predicted molar refractivity (Wildman–Crippen MR) is 83.7 cm³/mol. The van der Waals surface area contributed by atoms with Gasteiger partial charge in [0.1, 0.15) is 0 Å². The van der Waals surface area contributed by atoms with E-state index in [-0.39, 0.29) is 0 Å². The number of nitrogens with one attached hydrogen (secondary N) is 1. The minimum atomic E-state index is 0.373. The lowest BCUT2D eigenvalue weighted by molar-refractivity contribution is 0.0598. The van der Waals surface area contributed by atoms with Crippen LogP contribution in [-0.2, 0) is 6.54 Å². The van der Waals surface area contributed by atoms with E-state index in [1.165, 1.54) is 30.2 Å². The van der Waals surface area contributed by atoms with Crippen molar-refractivity contribution in [2.45, 2.75) is 31.3 Å². The third-order valence-electron chi connectivity index (χ3n) is 4.72. The quantitative estimate of drug-likeness (QED) is 0.904. The normalized spacial score (nSPS) is 17.4. The van der Waals surface area contributed by atoms with Crippen molar-refractivity contribution in [1.29, 1.82) is 0 Å². The largest absolute Gasteiger partial charge is 0.311 e. The first-order chi connectivity index (χ1) is 9.71. The van der Waals surface area contributed by atoms with E-state index in [1.54, 1.807) is 0 Å². The first kappa shape index (κ1) is 13.5. The number of aromatic nitrogens is 1. The van der Waals surface area contributed by atoms with Crippen LogP contribution in [0.3, 0.4) is 0 Å². The summed E-state index contributed by atoms with van der Waals surface area (Å²) in [6.07, 6.45) is 5.84. The highest BCUT2D eigenvalue weighted by atomic mass is 15.2. The molecule has 0 saturated heterocycles. The average molecular weight is 269 g/mol. The molecule has 0 bridgehead atoms. The summed E-state index contributed by atoms with van der Waals surface area (Å²) in [4.78, 5) is 6.89. The van der Waals surface area contributed by atoms with E-state index in [1.807, 2.05) is 12.3 Å². The van der Waals surface area contributed by atoms with Crippen LogP contribution in [0.4, 0.5) is 0 Å². The van der Waals surface area contributed by atoms with Gasteiger partial charge in [-0.1, -0.05) is 24.3 Å². The Hall–Kier alpha value is -1.45. The highest BCUT2D eigenvalue weighted by Crippen LogP contribution is 2.35. The fraction of sp³-hybridized carbons (Fsp3) is 0.471. The zero-order valence-corrected chi connectivity index (χ0v) is 12.4. The van der Waals surface area contributed by atoms with E-state index in [4.69, 9.17) is 0 Å². The van der Waals surface area contributed by atoms with Crippen molar-refractivity contribution >= 4 is 10.9 Å². The van der Waals surface area contributed by atoms with Crippen molar-refractivity contribution < 1.29 is 0 Å². The van der Waals surface area contributed by atoms with Gasteiger partial charge in [0.2, 0.25) is 0 Å². The lowest BCUT2D eigenvalue weighted by atomic mass is 9.75. The number of benzene rings is 1. The molecule has 2 aromatic rings. The summed E-state index contributed by atoms with van der Waals surface area (Å²) in [5.74, 6) is 0. The molecule has 106 valence electrons. The van der Waals surface area contributed by atoms with Gasteiger partial charge in [-0.25, -0.2) is 0 Å². The highest BCUT2D eigenvalue weighted by molar-refractivity contribution is 5.81. The molecule has 1 aliphatic carbocycles. The molecular formula is C17H23N3. The molecule has 3 nitrogen and oxygen atoms in total. The van der Waals surface area contributed by atoms with Gasteiger partial charge >= 0.3 is 0 Å². The molecule has 1 heterocycles. The second-order valence-corrected chi connectivity index (χ2v) is 6.07. The first-order valence-electron chi connectivity index (χ1n) is 7.42. The maximum Gasteiger partial charge on any atom is 0.0746 e. The van der Waals surface area contributed by atoms with Gasteiger partial charge in [-0.2, -0.15) is 0 Å². The smallest absolute Gasteiger partial charge is 0.0746 e. The van der Waals surface area contributed by atoms with Gasteiger partial charge in [0, 0.05) is 30.2 Å². The zero-order chi connectivity index (χ0) is 14.0. The molecule has 0 radical (unpaired) electrons. The topological polar surface area (TPSA) is 28.2 Å². The summed E-state index contributed by atoms with van der Waals surface area (Å²) in [6, 6.07) is 10.5. The van der Waals surface area contributed by atoms with Gasteiger partial charge in [-0.05, 0) is 45.0 Å². The number of para-hydroxylation sites is 1. The van der Waals surface area contributed by atoms with E-state index in [0.717, 1.165) is 18.6 Å². The Balaban J connectivity index is 1.68. The van der Waals surface area contributed by atoms with E-state index < -0.39 is 0 Å². The van der Waals surface area contributed by atoms with Crippen LogP contribution in [0.5, 0.6) is 0 Å². The van der Waals surface area contributed by atoms with Gasteiger partial charge in [0.15, 0.2) is 0 Å².